The first kappa shape index (κ1) is 12.9. The van der Waals surface area contributed by atoms with Crippen LogP contribution in [0.2, 0.25) is 0 Å². The number of aromatic nitrogens is 2. The second kappa shape index (κ2) is 4.78. The summed E-state index contributed by atoms with van der Waals surface area (Å²) in [6, 6.07) is 0.698. The highest BCUT2D eigenvalue weighted by atomic mass is 16.4. The van der Waals surface area contributed by atoms with E-state index < -0.39 is 0 Å². The molecule has 2 saturated heterocycles. The summed E-state index contributed by atoms with van der Waals surface area (Å²) in [7, 11) is 2.25. The largest absolute Gasteiger partial charge is 0.408 e. The van der Waals surface area contributed by atoms with Crippen molar-refractivity contribution in [2.45, 2.75) is 33.1 Å². The quantitative estimate of drug-likeness (QED) is 0.775. The van der Waals surface area contributed by atoms with Gasteiger partial charge in [-0.1, -0.05) is 12.0 Å². The van der Waals surface area contributed by atoms with E-state index in [1.165, 1.54) is 32.4 Å². The molecule has 0 radical (unpaired) electrons. The standard InChI is InChI=1S/C14H24N4O/c1-11-9-18(13-16-15-12(2)19-13)8-6-14(11)5-4-7-17(3)10-14/h11H,4-10H2,1-3H3. The number of hydrogen-bond donors (Lipinski definition) is 0. The minimum Gasteiger partial charge on any atom is -0.408 e. The summed E-state index contributed by atoms with van der Waals surface area (Å²) >= 11 is 0. The fraction of sp³-hybridized carbons (Fsp3) is 0.857. The van der Waals surface area contributed by atoms with Crippen molar-refractivity contribution >= 4 is 6.01 Å². The Hall–Kier alpha value is -1.10. The maximum Gasteiger partial charge on any atom is 0.318 e. The number of piperidine rings is 2. The van der Waals surface area contributed by atoms with Gasteiger partial charge in [0.25, 0.3) is 0 Å². The van der Waals surface area contributed by atoms with Gasteiger partial charge in [-0.2, -0.15) is 0 Å². The average Bonchev–Trinajstić information content (AvgIpc) is 2.80. The lowest BCUT2D eigenvalue weighted by Gasteiger charge is -2.50. The van der Waals surface area contributed by atoms with Crippen LogP contribution in [0, 0.1) is 18.3 Å². The Balaban J connectivity index is 1.71. The molecule has 2 aliphatic heterocycles. The molecule has 0 N–H and O–H groups in total. The van der Waals surface area contributed by atoms with E-state index in [1.807, 2.05) is 6.92 Å². The Morgan fingerprint density at radius 3 is 2.74 bits per heavy atom. The van der Waals surface area contributed by atoms with Gasteiger partial charge in [-0.3, -0.25) is 0 Å². The molecule has 0 saturated carbocycles. The maximum atomic E-state index is 5.56. The van der Waals surface area contributed by atoms with E-state index in [0.717, 1.165) is 13.1 Å². The van der Waals surface area contributed by atoms with Crippen molar-refractivity contribution < 1.29 is 4.42 Å². The minimum absolute atomic E-state index is 0.499. The van der Waals surface area contributed by atoms with Gasteiger partial charge in [0.05, 0.1) is 0 Å². The zero-order chi connectivity index (χ0) is 13.5. The van der Waals surface area contributed by atoms with Crippen molar-refractivity contribution in [1.29, 1.82) is 0 Å². The van der Waals surface area contributed by atoms with Crippen molar-refractivity contribution in [3.05, 3.63) is 5.89 Å². The molecule has 0 bridgehead atoms. The summed E-state index contributed by atoms with van der Waals surface area (Å²) < 4.78 is 5.56. The van der Waals surface area contributed by atoms with Gasteiger partial charge in [0.15, 0.2) is 0 Å². The summed E-state index contributed by atoms with van der Waals surface area (Å²) in [6.07, 6.45) is 3.94. The molecule has 0 amide bonds. The molecule has 2 unspecified atom stereocenters. The van der Waals surface area contributed by atoms with Gasteiger partial charge in [-0.25, -0.2) is 0 Å². The summed E-state index contributed by atoms with van der Waals surface area (Å²) in [5.74, 6) is 1.33. The van der Waals surface area contributed by atoms with Gasteiger partial charge in [0, 0.05) is 26.6 Å². The first-order chi connectivity index (χ1) is 9.09. The highest BCUT2D eigenvalue weighted by molar-refractivity contribution is 5.26. The lowest BCUT2D eigenvalue weighted by molar-refractivity contribution is 0.0359. The highest BCUT2D eigenvalue weighted by Crippen LogP contribution is 2.43. The second-order valence-electron chi connectivity index (χ2n) is 6.40. The molecule has 5 heteroatoms. The third kappa shape index (κ3) is 2.36. The molecular weight excluding hydrogens is 240 g/mol. The smallest absolute Gasteiger partial charge is 0.318 e. The molecule has 3 heterocycles. The van der Waals surface area contributed by atoms with Crippen molar-refractivity contribution in [3.63, 3.8) is 0 Å². The molecule has 2 fully saturated rings. The van der Waals surface area contributed by atoms with Crippen LogP contribution in [-0.4, -0.2) is 48.3 Å². The van der Waals surface area contributed by atoms with Gasteiger partial charge in [0.1, 0.15) is 0 Å². The zero-order valence-corrected chi connectivity index (χ0v) is 12.2. The zero-order valence-electron chi connectivity index (χ0n) is 12.2. The Labute approximate surface area is 115 Å². The molecule has 0 aliphatic carbocycles. The van der Waals surface area contributed by atoms with E-state index in [-0.39, 0.29) is 0 Å². The molecule has 1 spiro atoms. The number of hydrogen-bond acceptors (Lipinski definition) is 5. The predicted molar refractivity (Wildman–Crippen MR) is 74.2 cm³/mol. The van der Waals surface area contributed by atoms with Crippen LogP contribution in [0.15, 0.2) is 4.42 Å². The van der Waals surface area contributed by atoms with Crippen LogP contribution < -0.4 is 4.90 Å². The Kier molecular flexibility index (Phi) is 3.25. The highest BCUT2D eigenvalue weighted by Gasteiger charge is 2.43. The first-order valence-corrected chi connectivity index (χ1v) is 7.33. The van der Waals surface area contributed by atoms with Gasteiger partial charge in [-0.05, 0) is 44.2 Å². The SMILES string of the molecule is Cc1nnc(N2CCC3(CCCN(C)C3)C(C)C2)o1. The molecule has 106 valence electrons. The van der Waals surface area contributed by atoms with Gasteiger partial charge >= 0.3 is 6.01 Å². The third-order valence-electron chi connectivity index (χ3n) is 5.00. The topological polar surface area (TPSA) is 45.4 Å². The van der Waals surface area contributed by atoms with Gasteiger partial charge in [-0.15, -0.1) is 5.10 Å². The Morgan fingerprint density at radius 2 is 2.11 bits per heavy atom. The summed E-state index contributed by atoms with van der Waals surface area (Å²) in [5.41, 5.74) is 0.499. The number of aryl methyl sites for hydroxylation is 1. The van der Waals surface area contributed by atoms with Crippen LogP contribution in [0.3, 0.4) is 0 Å². The van der Waals surface area contributed by atoms with Crippen molar-refractivity contribution in [1.82, 2.24) is 15.1 Å². The molecule has 1 aromatic rings. The predicted octanol–water partition coefficient (Wildman–Crippen LogP) is 1.94. The molecule has 19 heavy (non-hydrogen) atoms. The van der Waals surface area contributed by atoms with Crippen molar-refractivity contribution in [3.8, 4) is 0 Å². The third-order valence-corrected chi connectivity index (χ3v) is 5.00. The van der Waals surface area contributed by atoms with E-state index in [2.05, 4.69) is 34.0 Å². The first-order valence-electron chi connectivity index (χ1n) is 7.33. The molecular formula is C14H24N4O. The Morgan fingerprint density at radius 1 is 1.26 bits per heavy atom. The van der Waals surface area contributed by atoms with E-state index in [0.29, 0.717) is 23.2 Å². The monoisotopic (exact) mass is 264 g/mol. The van der Waals surface area contributed by atoms with Crippen molar-refractivity contribution in [2.75, 3.05) is 38.1 Å². The second-order valence-corrected chi connectivity index (χ2v) is 6.40. The van der Waals surface area contributed by atoms with E-state index >= 15 is 0 Å². The summed E-state index contributed by atoms with van der Waals surface area (Å²) in [6.45, 7) is 8.80. The van der Waals surface area contributed by atoms with Crippen LogP contribution in [0.25, 0.3) is 0 Å². The average molecular weight is 264 g/mol. The van der Waals surface area contributed by atoms with Crippen LogP contribution in [0.4, 0.5) is 6.01 Å². The minimum atomic E-state index is 0.499. The number of rotatable bonds is 1. The lowest BCUT2D eigenvalue weighted by atomic mass is 9.66. The van der Waals surface area contributed by atoms with Crippen molar-refractivity contribution in [2.24, 2.45) is 11.3 Å². The maximum absolute atomic E-state index is 5.56. The fourth-order valence-electron chi connectivity index (χ4n) is 3.81. The van der Waals surface area contributed by atoms with Gasteiger partial charge in [0.2, 0.25) is 5.89 Å². The van der Waals surface area contributed by atoms with Crippen LogP contribution >= 0.6 is 0 Å². The van der Waals surface area contributed by atoms with Crippen LogP contribution in [0.5, 0.6) is 0 Å². The molecule has 5 nitrogen and oxygen atoms in total. The molecule has 0 aromatic carbocycles. The van der Waals surface area contributed by atoms with Gasteiger partial charge < -0.3 is 14.2 Å². The van der Waals surface area contributed by atoms with Crippen LogP contribution in [0.1, 0.15) is 32.1 Å². The molecule has 2 atom stereocenters. The molecule has 3 rings (SSSR count). The van der Waals surface area contributed by atoms with Crippen LogP contribution in [-0.2, 0) is 0 Å². The lowest BCUT2D eigenvalue weighted by Crippen LogP contribution is -2.53. The number of nitrogens with zero attached hydrogens (tertiary/aromatic N) is 4. The Bertz CT molecular complexity index is 446. The number of likely N-dealkylation sites (tertiary alicyclic amines) is 1. The summed E-state index contributed by atoms with van der Waals surface area (Å²) in [4.78, 5) is 4.75. The normalized spacial score (nSPS) is 33.0. The van der Waals surface area contributed by atoms with E-state index in [1.54, 1.807) is 0 Å². The molecule has 2 aliphatic rings. The summed E-state index contributed by atoms with van der Waals surface area (Å²) in [5, 5.41) is 8.09. The van der Waals surface area contributed by atoms with E-state index in [9.17, 15) is 0 Å². The number of anilines is 1. The fourth-order valence-corrected chi connectivity index (χ4v) is 3.81. The van der Waals surface area contributed by atoms with E-state index in [4.69, 9.17) is 4.42 Å². The molecule has 1 aromatic heterocycles.